The summed E-state index contributed by atoms with van der Waals surface area (Å²) in [6.07, 6.45) is 1.19. The van der Waals surface area contributed by atoms with Gasteiger partial charge in [0.25, 0.3) is 0 Å². The minimum Gasteiger partial charge on any atom is -0.327 e. The summed E-state index contributed by atoms with van der Waals surface area (Å²) in [5, 5.41) is 0. The fourth-order valence-corrected chi connectivity index (χ4v) is 2.43. The van der Waals surface area contributed by atoms with Crippen LogP contribution in [0.4, 0.5) is 4.39 Å². The molecule has 0 aliphatic rings. The fraction of sp³-hybridized carbons (Fsp3) is 0.533. The Morgan fingerprint density at radius 2 is 2.05 bits per heavy atom. The molecule has 1 unspecified atom stereocenters. The number of benzene rings is 1. The lowest BCUT2D eigenvalue weighted by molar-refractivity contribution is -0.118. The maximum absolute atomic E-state index is 13.6. The zero-order valence-electron chi connectivity index (χ0n) is 11.7. The number of carbonyl (C=O) groups excluding carboxylic acids is 1. The average molecular weight is 330 g/mol. The maximum Gasteiger partial charge on any atom is 0.138 e. The first-order chi connectivity index (χ1) is 8.67. The predicted octanol–water partition coefficient (Wildman–Crippen LogP) is 3.85. The van der Waals surface area contributed by atoms with Crippen LogP contribution >= 0.6 is 15.9 Å². The summed E-state index contributed by atoms with van der Waals surface area (Å²) in [6, 6.07) is 4.58. The third-order valence-electron chi connectivity index (χ3n) is 2.77. The van der Waals surface area contributed by atoms with Crippen LogP contribution in [0.25, 0.3) is 0 Å². The second kappa shape index (κ2) is 6.62. The zero-order valence-corrected chi connectivity index (χ0v) is 13.3. The van der Waals surface area contributed by atoms with Crippen LogP contribution in [0.2, 0.25) is 0 Å². The summed E-state index contributed by atoms with van der Waals surface area (Å²) in [4.78, 5) is 11.9. The molecule has 0 fully saturated rings. The first-order valence-corrected chi connectivity index (χ1v) is 7.18. The van der Waals surface area contributed by atoms with E-state index in [-0.39, 0.29) is 29.5 Å². The molecule has 0 heterocycles. The van der Waals surface area contributed by atoms with Crippen molar-refractivity contribution in [1.29, 1.82) is 0 Å². The quantitative estimate of drug-likeness (QED) is 0.891. The van der Waals surface area contributed by atoms with E-state index in [1.54, 1.807) is 12.1 Å². The lowest BCUT2D eigenvalue weighted by atomic mass is 9.86. The highest BCUT2D eigenvalue weighted by molar-refractivity contribution is 9.10. The highest BCUT2D eigenvalue weighted by Crippen LogP contribution is 2.22. The molecule has 0 bridgehead atoms. The number of hydrogen-bond acceptors (Lipinski definition) is 2. The van der Waals surface area contributed by atoms with Gasteiger partial charge in [-0.15, -0.1) is 0 Å². The van der Waals surface area contributed by atoms with Gasteiger partial charge in [-0.1, -0.05) is 42.8 Å². The standard InChI is InChI=1S/C15H21BrFNO/c1-15(2,3)9-12(18)8-13(19)6-10-4-5-11(16)7-14(10)17/h4-5,7,12H,6,8-9,18H2,1-3H3. The number of rotatable bonds is 5. The molecule has 2 N–H and O–H groups in total. The second-order valence-electron chi connectivity index (χ2n) is 6.18. The van der Waals surface area contributed by atoms with E-state index in [0.29, 0.717) is 16.5 Å². The number of ketones is 1. The van der Waals surface area contributed by atoms with Crippen LogP contribution in [-0.4, -0.2) is 11.8 Å². The van der Waals surface area contributed by atoms with E-state index < -0.39 is 0 Å². The van der Waals surface area contributed by atoms with Crippen molar-refractivity contribution in [2.75, 3.05) is 0 Å². The molecule has 19 heavy (non-hydrogen) atoms. The topological polar surface area (TPSA) is 43.1 Å². The molecule has 0 saturated carbocycles. The van der Waals surface area contributed by atoms with E-state index in [9.17, 15) is 9.18 Å². The van der Waals surface area contributed by atoms with E-state index in [0.717, 1.165) is 6.42 Å². The molecule has 1 atom stereocenters. The lowest BCUT2D eigenvalue weighted by Gasteiger charge is -2.22. The Labute approximate surface area is 122 Å². The van der Waals surface area contributed by atoms with E-state index in [2.05, 4.69) is 36.7 Å². The number of halogens is 2. The average Bonchev–Trinajstić information content (AvgIpc) is 2.19. The molecule has 1 aromatic carbocycles. The first kappa shape index (κ1) is 16.3. The van der Waals surface area contributed by atoms with Gasteiger partial charge in [0.15, 0.2) is 0 Å². The van der Waals surface area contributed by atoms with Crippen LogP contribution in [0, 0.1) is 11.2 Å². The molecule has 0 spiro atoms. The molecule has 1 aromatic rings. The molecule has 0 aromatic heterocycles. The predicted molar refractivity (Wildman–Crippen MR) is 79.5 cm³/mol. The van der Waals surface area contributed by atoms with E-state index in [1.807, 2.05) is 0 Å². The van der Waals surface area contributed by atoms with Gasteiger partial charge in [-0.25, -0.2) is 4.39 Å². The lowest BCUT2D eigenvalue weighted by Crippen LogP contribution is -2.29. The zero-order chi connectivity index (χ0) is 14.6. The smallest absolute Gasteiger partial charge is 0.138 e. The first-order valence-electron chi connectivity index (χ1n) is 6.38. The van der Waals surface area contributed by atoms with E-state index in [1.165, 1.54) is 6.07 Å². The van der Waals surface area contributed by atoms with Gasteiger partial charge in [0.2, 0.25) is 0 Å². The maximum atomic E-state index is 13.6. The Kier molecular flexibility index (Phi) is 5.68. The number of hydrogen-bond donors (Lipinski definition) is 1. The molecule has 0 aliphatic carbocycles. The molecule has 0 aliphatic heterocycles. The molecule has 2 nitrogen and oxygen atoms in total. The van der Waals surface area contributed by atoms with Crippen LogP contribution in [0.3, 0.4) is 0 Å². The summed E-state index contributed by atoms with van der Waals surface area (Å²) in [5.74, 6) is -0.370. The Hall–Kier alpha value is -0.740. The van der Waals surface area contributed by atoms with Gasteiger partial charge >= 0.3 is 0 Å². The molecule has 0 saturated heterocycles. The molecular formula is C15H21BrFNO. The van der Waals surface area contributed by atoms with Crippen LogP contribution in [0.1, 0.15) is 39.2 Å². The number of Topliss-reactive ketones (excluding diaryl/α,β-unsaturated/α-hetero) is 1. The van der Waals surface area contributed by atoms with Gasteiger partial charge in [-0.05, 0) is 29.5 Å². The third kappa shape index (κ3) is 6.30. The second-order valence-corrected chi connectivity index (χ2v) is 7.10. The third-order valence-corrected chi connectivity index (χ3v) is 3.26. The summed E-state index contributed by atoms with van der Waals surface area (Å²) >= 11 is 3.19. The van der Waals surface area contributed by atoms with Crippen molar-refractivity contribution >= 4 is 21.7 Å². The number of carbonyl (C=O) groups is 1. The Morgan fingerprint density at radius 1 is 1.42 bits per heavy atom. The van der Waals surface area contributed by atoms with Crippen molar-refractivity contribution < 1.29 is 9.18 Å². The van der Waals surface area contributed by atoms with Crippen LogP contribution < -0.4 is 5.73 Å². The van der Waals surface area contributed by atoms with Gasteiger partial charge in [-0.3, -0.25) is 4.79 Å². The van der Waals surface area contributed by atoms with Crippen molar-refractivity contribution in [3.8, 4) is 0 Å². The fourth-order valence-electron chi connectivity index (χ4n) is 2.10. The molecule has 0 radical (unpaired) electrons. The SMILES string of the molecule is CC(C)(C)CC(N)CC(=O)Cc1ccc(Br)cc1F. The van der Waals surface area contributed by atoms with Gasteiger partial charge in [0.05, 0.1) is 0 Å². The van der Waals surface area contributed by atoms with Crippen molar-refractivity contribution in [3.63, 3.8) is 0 Å². The van der Waals surface area contributed by atoms with Crippen molar-refractivity contribution in [1.82, 2.24) is 0 Å². The van der Waals surface area contributed by atoms with Gasteiger partial charge in [0.1, 0.15) is 11.6 Å². The van der Waals surface area contributed by atoms with Gasteiger partial charge in [-0.2, -0.15) is 0 Å². The van der Waals surface area contributed by atoms with Gasteiger partial charge < -0.3 is 5.73 Å². The molecular weight excluding hydrogens is 309 g/mol. The molecule has 4 heteroatoms. The highest BCUT2D eigenvalue weighted by atomic mass is 79.9. The van der Waals surface area contributed by atoms with E-state index in [4.69, 9.17) is 5.73 Å². The van der Waals surface area contributed by atoms with Crippen LogP contribution in [-0.2, 0) is 11.2 Å². The minimum atomic E-state index is -0.355. The monoisotopic (exact) mass is 329 g/mol. The van der Waals surface area contributed by atoms with E-state index >= 15 is 0 Å². The largest absolute Gasteiger partial charge is 0.327 e. The Balaban J connectivity index is 2.56. The number of nitrogens with two attached hydrogens (primary N) is 1. The summed E-state index contributed by atoms with van der Waals surface area (Å²) in [6.45, 7) is 6.27. The molecule has 1 rings (SSSR count). The summed E-state index contributed by atoms with van der Waals surface area (Å²) in [5.41, 5.74) is 6.48. The summed E-state index contributed by atoms with van der Waals surface area (Å²) < 4.78 is 14.3. The highest BCUT2D eigenvalue weighted by Gasteiger charge is 2.18. The Bertz CT molecular complexity index is 454. The Morgan fingerprint density at radius 3 is 2.58 bits per heavy atom. The van der Waals surface area contributed by atoms with Crippen LogP contribution in [0.5, 0.6) is 0 Å². The normalized spacial score (nSPS) is 13.4. The summed E-state index contributed by atoms with van der Waals surface area (Å²) in [7, 11) is 0. The van der Waals surface area contributed by atoms with Crippen molar-refractivity contribution in [3.05, 3.63) is 34.1 Å². The minimum absolute atomic E-state index is 0.0158. The molecule has 0 amide bonds. The van der Waals surface area contributed by atoms with Gasteiger partial charge in [0, 0.05) is 23.4 Å². The van der Waals surface area contributed by atoms with Crippen molar-refractivity contribution in [2.45, 2.75) is 46.1 Å². The molecule has 106 valence electrons. The van der Waals surface area contributed by atoms with Crippen molar-refractivity contribution in [2.24, 2.45) is 11.1 Å². The van der Waals surface area contributed by atoms with Crippen LogP contribution in [0.15, 0.2) is 22.7 Å².